The monoisotopic (exact) mass is 273 g/mol. The van der Waals surface area contributed by atoms with Gasteiger partial charge in [-0.15, -0.1) is 0 Å². The third-order valence-corrected chi connectivity index (χ3v) is 2.00. The highest BCUT2D eigenvalue weighted by molar-refractivity contribution is 5.67. The quantitative estimate of drug-likeness (QED) is 0.289. The van der Waals surface area contributed by atoms with Crippen LogP contribution in [0, 0.1) is 0 Å². The number of hydrogen-bond donors (Lipinski definition) is 7. The van der Waals surface area contributed by atoms with E-state index < -0.39 is 16.9 Å². The summed E-state index contributed by atoms with van der Waals surface area (Å²) in [6, 6.07) is 0. The molecule has 0 saturated carbocycles. The first-order chi connectivity index (χ1) is 9.08. The van der Waals surface area contributed by atoms with Crippen LogP contribution in [0.3, 0.4) is 0 Å². The van der Waals surface area contributed by atoms with Gasteiger partial charge < -0.3 is 15.5 Å². The predicted octanol–water partition coefficient (Wildman–Crippen LogP) is -3.21. The fraction of sp³-hybridized carbons (Fsp3) is 0.444. The average Bonchev–Trinajstić information content (AvgIpc) is 2.71. The third-order valence-electron chi connectivity index (χ3n) is 2.00. The molecule has 10 heteroatoms. The standard InChI is InChI=1S/C5H4N4O3.C4H11NO2/c10-3-1-2(7-4(11)6-1)8-5(12)9-3;6-3-1-5-2-4-7/h(H4,6,7,8,9,10,11,12);5-7H,1-4H2. The zero-order chi connectivity index (χ0) is 14.3. The van der Waals surface area contributed by atoms with E-state index in [2.05, 4.69) is 20.3 Å². The molecule has 2 heterocycles. The van der Waals surface area contributed by atoms with Gasteiger partial charge in [0.25, 0.3) is 5.56 Å². The molecule has 0 aromatic carbocycles. The van der Waals surface area contributed by atoms with Crippen molar-refractivity contribution in [1.29, 1.82) is 0 Å². The van der Waals surface area contributed by atoms with Crippen molar-refractivity contribution in [3.63, 3.8) is 0 Å². The van der Waals surface area contributed by atoms with Gasteiger partial charge in [0.15, 0.2) is 0 Å². The van der Waals surface area contributed by atoms with Crippen molar-refractivity contribution in [2.45, 2.75) is 0 Å². The van der Waals surface area contributed by atoms with Crippen LogP contribution in [-0.4, -0.2) is 56.5 Å². The Morgan fingerprint density at radius 2 is 1.37 bits per heavy atom. The number of H-pyrrole nitrogens is 4. The Bertz CT molecular complexity index is 662. The highest BCUT2D eigenvalue weighted by Gasteiger charge is 2.02. The molecule has 0 aliphatic heterocycles. The van der Waals surface area contributed by atoms with Crippen molar-refractivity contribution in [2.75, 3.05) is 26.3 Å². The van der Waals surface area contributed by atoms with Gasteiger partial charge >= 0.3 is 11.4 Å². The molecular weight excluding hydrogens is 258 g/mol. The highest BCUT2D eigenvalue weighted by atomic mass is 16.3. The SMILES string of the molecule is O=c1[nH]c(=O)c2[nH]c(=O)[nH]c2[nH]1.OCCNCCO. The molecule has 0 fully saturated rings. The molecule has 0 aliphatic carbocycles. The Morgan fingerprint density at radius 3 is 1.89 bits per heavy atom. The molecule has 7 N–H and O–H groups in total. The van der Waals surface area contributed by atoms with E-state index in [1.54, 1.807) is 0 Å². The van der Waals surface area contributed by atoms with E-state index in [-0.39, 0.29) is 24.4 Å². The first-order valence-electron chi connectivity index (χ1n) is 5.45. The summed E-state index contributed by atoms with van der Waals surface area (Å²) in [6.45, 7) is 1.42. The summed E-state index contributed by atoms with van der Waals surface area (Å²) < 4.78 is 0. The van der Waals surface area contributed by atoms with Crippen molar-refractivity contribution in [3.05, 3.63) is 31.3 Å². The molecule has 10 nitrogen and oxygen atoms in total. The fourth-order valence-electron chi connectivity index (χ4n) is 1.24. The minimum Gasteiger partial charge on any atom is -0.395 e. The summed E-state index contributed by atoms with van der Waals surface area (Å²) in [6.07, 6.45) is 0. The minimum atomic E-state index is -0.650. The number of rotatable bonds is 4. The van der Waals surface area contributed by atoms with E-state index >= 15 is 0 Å². The van der Waals surface area contributed by atoms with Gasteiger partial charge in [-0.05, 0) is 0 Å². The molecule has 0 radical (unpaired) electrons. The molecule has 0 unspecified atom stereocenters. The number of aromatic nitrogens is 4. The number of aliphatic hydroxyl groups excluding tert-OH is 2. The fourth-order valence-corrected chi connectivity index (χ4v) is 1.24. The summed E-state index contributed by atoms with van der Waals surface area (Å²) in [5.74, 6) is 0. The third kappa shape index (κ3) is 4.54. The van der Waals surface area contributed by atoms with Crippen LogP contribution in [0.5, 0.6) is 0 Å². The molecule has 19 heavy (non-hydrogen) atoms. The van der Waals surface area contributed by atoms with E-state index in [1.165, 1.54) is 0 Å². The van der Waals surface area contributed by atoms with Gasteiger partial charge in [-0.2, -0.15) is 0 Å². The minimum absolute atomic E-state index is 0.0413. The lowest BCUT2D eigenvalue weighted by Crippen LogP contribution is -2.21. The van der Waals surface area contributed by atoms with Crippen LogP contribution >= 0.6 is 0 Å². The largest absolute Gasteiger partial charge is 0.395 e. The Labute approximate surface area is 105 Å². The van der Waals surface area contributed by atoms with Crippen LogP contribution in [0.4, 0.5) is 0 Å². The molecule has 0 atom stereocenters. The van der Waals surface area contributed by atoms with Crippen molar-refractivity contribution < 1.29 is 10.2 Å². The summed E-state index contributed by atoms with van der Waals surface area (Å²) >= 11 is 0. The molecule has 0 bridgehead atoms. The number of nitrogens with one attached hydrogen (secondary N) is 5. The van der Waals surface area contributed by atoms with Gasteiger partial charge in [-0.25, -0.2) is 9.59 Å². The molecule has 0 aliphatic rings. The summed E-state index contributed by atoms with van der Waals surface area (Å²) in [5, 5.41) is 19.1. The van der Waals surface area contributed by atoms with Crippen LogP contribution in [0.25, 0.3) is 11.2 Å². The number of aromatic amines is 4. The lowest BCUT2D eigenvalue weighted by molar-refractivity contribution is 0.267. The molecule has 106 valence electrons. The lowest BCUT2D eigenvalue weighted by Gasteiger charge is -1.94. The Hall–Kier alpha value is -2.17. The van der Waals surface area contributed by atoms with Gasteiger partial charge in [0.05, 0.1) is 13.2 Å². The maximum Gasteiger partial charge on any atom is 0.327 e. The zero-order valence-corrected chi connectivity index (χ0v) is 9.95. The van der Waals surface area contributed by atoms with Gasteiger partial charge in [-0.3, -0.25) is 24.7 Å². The molecular formula is C9H15N5O5. The lowest BCUT2D eigenvalue weighted by atomic mass is 10.5. The topological polar surface area (TPSA) is 167 Å². The Morgan fingerprint density at radius 1 is 0.842 bits per heavy atom. The maximum atomic E-state index is 10.9. The highest BCUT2D eigenvalue weighted by Crippen LogP contribution is 1.88. The second kappa shape index (κ2) is 7.31. The second-order valence-corrected chi connectivity index (χ2v) is 3.43. The van der Waals surface area contributed by atoms with Crippen molar-refractivity contribution in [1.82, 2.24) is 25.3 Å². The van der Waals surface area contributed by atoms with Gasteiger partial charge in [0, 0.05) is 13.1 Å². The molecule has 0 spiro atoms. The van der Waals surface area contributed by atoms with Gasteiger partial charge in [0.1, 0.15) is 11.2 Å². The maximum absolute atomic E-state index is 10.9. The molecule has 2 rings (SSSR count). The molecule has 2 aromatic rings. The zero-order valence-electron chi connectivity index (χ0n) is 9.95. The van der Waals surface area contributed by atoms with Gasteiger partial charge in [0.2, 0.25) is 0 Å². The van der Waals surface area contributed by atoms with E-state index in [0.29, 0.717) is 13.1 Å². The van der Waals surface area contributed by atoms with Crippen LogP contribution in [0.2, 0.25) is 0 Å². The van der Waals surface area contributed by atoms with Crippen LogP contribution < -0.4 is 22.3 Å². The molecule has 2 aromatic heterocycles. The number of aliphatic hydroxyl groups is 2. The average molecular weight is 273 g/mol. The van der Waals surface area contributed by atoms with Crippen molar-refractivity contribution in [2.24, 2.45) is 0 Å². The molecule has 0 saturated heterocycles. The number of hydrogen-bond acceptors (Lipinski definition) is 6. The van der Waals surface area contributed by atoms with Crippen LogP contribution in [-0.2, 0) is 0 Å². The van der Waals surface area contributed by atoms with E-state index in [0.717, 1.165) is 0 Å². The van der Waals surface area contributed by atoms with Crippen LogP contribution in [0.1, 0.15) is 0 Å². The summed E-state index contributed by atoms with van der Waals surface area (Å²) in [5.41, 5.74) is -1.65. The summed E-state index contributed by atoms with van der Waals surface area (Å²) in [4.78, 5) is 41.0. The predicted molar refractivity (Wildman–Crippen MR) is 67.2 cm³/mol. The van der Waals surface area contributed by atoms with Gasteiger partial charge in [-0.1, -0.05) is 0 Å². The molecule has 0 amide bonds. The van der Waals surface area contributed by atoms with Crippen LogP contribution in [0.15, 0.2) is 14.4 Å². The smallest absolute Gasteiger partial charge is 0.327 e. The van der Waals surface area contributed by atoms with E-state index in [1.807, 2.05) is 4.98 Å². The number of fused-ring (bicyclic) bond motifs is 1. The summed E-state index contributed by atoms with van der Waals surface area (Å²) in [7, 11) is 0. The van der Waals surface area contributed by atoms with Crippen molar-refractivity contribution >= 4 is 11.2 Å². The Balaban J connectivity index is 0.000000224. The number of imidazole rings is 1. The first-order valence-corrected chi connectivity index (χ1v) is 5.45. The van der Waals surface area contributed by atoms with E-state index in [4.69, 9.17) is 10.2 Å². The van der Waals surface area contributed by atoms with E-state index in [9.17, 15) is 14.4 Å². The first kappa shape index (κ1) is 14.9. The van der Waals surface area contributed by atoms with Crippen molar-refractivity contribution in [3.8, 4) is 0 Å². The Kier molecular flexibility index (Phi) is 5.73. The second-order valence-electron chi connectivity index (χ2n) is 3.43. The normalized spacial score (nSPS) is 10.2.